The van der Waals surface area contributed by atoms with Crippen molar-refractivity contribution in [2.75, 3.05) is 14.1 Å². The highest BCUT2D eigenvalue weighted by atomic mass is 35.5. The largest absolute Gasteiger partial charge is 0.414 e. The minimum Gasteiger partial charge on any atom is -0.409 e. The van der Waals surface area contributed by atoms with Gasteiger partial charge in [0.05, 0.1) is 23.7 Å². The molecule has 0 atom stereocenters. The first-order valence-corrected chi connectivity index (χ1v) is 7.06. The number of hydrogen-bond acceptors (Lipinski definition) is 5. The third-order valence-electron chi connectivity index (χ3n) is 2.78. The number of nitrogens with zero attached hydrogens (tertiary/aromatic N) is 4. The van der Waals surface area contributed by atoms with Gasteiger partial charge in [-0.1, -0.05) is 11.6 Å². The van der Waals surface area contributed by atoms with E-state index in [4.69, 9.17) is 22.1 Å². The second kappa shape index (κ2) is 7.06. The predicted molar refractivity (Wildman–Crippen MR) is 88.3 cm³/mol. The van der Waals surface area contributed by atoms with Gasteiger partial charge in [-0.2, -0.15) is 0 Å². The molecular weight excluding hydrogens is 318 g/mol. The van der Waals surface area contributed by atoms with Gasteiger partial charge in [-0.25, -0.2) is 14.8 Å². The summed E-state index contributed by atoms with van der Waals surface area (Å²) in [6.07, 6.45) is 2.55. The number of carbonyl (C=O) groups is 1. The number of aryl methyl sites for hydroxylation is 1. The Morgan fingerprint density at radius 2 is 2.04 bits per heavy atom. The molecule has 8 heteroatoms. The number of aliphatic imine (C=N–C) groups is 1. The first-order valence-electron chi connectivity index (χ1n) is 6.68. The molecule has 0 saturated heterocycles. The van der Waals surface area contributed by atoms with Gasteiger partial charge in [0.25, 0.3) is 0 Å². The lowest BCUT2D eigenvalue weighted by Gasteiger charge is -2.13. The van der Waals surface area contributed by atoms with Crippen LogP contribution in [0.1, 0.15) is 11.3 Å². The van der Waals surface area contributed by atoms with Crippen molar-refractivity contribution in [3.05, 3.63) is 46.9 Å². The number of halogens is 1. The maximum absolute atomic E-state index is 11.7. The number of carbonyl (C=O) groups excluding carboxylic acids is 1. The maximum Gasteiger partial charge on any atom is 0.414 e. The molecule has 0 radical (unpaired) electrons. The molecule has 0 aliphatic rings. The topological polar surface area (TPSA) is 93.7 Å². The van der Waals surface area contributed by atoms with E-state index >= 15 is 0 Å². The van der Waals surface area contributed by atoms with Crippen molar-refractivity contribution < 1.29 is 9.53 Å². The van der Waals surface area contributed by atoms with E-state index in [-0.39, 0.29) is 11.6 Å². The molecular formula is C15H16ClN5O2. The fourth-order valence-electron chi connectivity index (χ4n) is 1.60. The van der Waals surface area contributed by atoms with E-state index in [2.05, 4.69) is 15.0 Å². The first-order chi connectivity index (χ1) is 10.9. The summed E-state index contributed by atoms with van der Waals surface area (Å²) in [5.41, 5.74) is 7.17. The second-order valence-corrected chi connectivity index (χ2v) is 5.35. The average molecular weight is 334 g/mol. The van der Waals surface area contributed by atoms with E-state index in [0.717, 1.165) is 5.69 Å². The smallest absolute Gasteiger partial charge is 0.409 e. The van der Waals surface area contributed by atoms with E-state index in [1.807, 2.05) is 6.92 Å². The number of aromatic nitrogens is 2. The van der Waals surface area contributed by atoms with Crippen LogP contribution in [0.3, 0.4) is 0 Å². The van der Waals surface area contributed by atoms with Crippen molar-refractivity contribution in [3.8, 4) is 5.75 Å². The van der Waals surface area contributed by atoms with Crippen LogP contribution in [-0.2, 0) is 0 Å². The van der Waals surface area contributed by atoms with Gasteiger partial charge >= 0.3 is 6.09 Å². The monoisotopic (exact) mass is 333 g/mol. The molecule has 0 unspecified atom stereocenters. The Balaban J connectivity index is 2.38. The van der Waals surface area contributed by atoms with Crippen molar-refractivity contribution in [2.24, 2.45) is 10.7 Å². The summed E-state index contributed by atoms with van der Waals surface area (Å²) in [7, 11) is 3.16. The third-order valence-corrected chi connectivity index (χ3v) is 3.02. The summed E-state index contributed by atoms with van der Waals surface area (Å²) in [6, 6.07) is 4.73. The Morgan fingerprint density at radius 3 is 2.65 bits per heavy atom. The molecule has 1 heterocycles. The molecule has 0 aliphatic heterocycles. The fraction of sp³-hybridized carbons (Fsp3) is 0.200. The first kappa shape index (κ1) is 16.7. The highest BCUT2D eigenvalue weighted by molar-refractivity contribution is 6.31. The summed E-state index contributed by atoms with van der Waals surface area (Å²) in [5.74, 6) is 0.722. The van der Waals surface area contributed by atoms with Gasteiger partial charge in [0.15, 0.2) is 5.82 Å². The van der Waals surface area contributed by atoms with Gasteiger partial charge in [-0.05, 0) is 25.1 Å². The van der Waals surface area contributed by atoms with Crippen LogP contribution in [-0.4, -0.2) is 40.9 Å². The van der Waals surface area contributed by atoms with Crippen LogP contribution in [0.2, 0.25) is 5.02 Å². The normalized spacial score (nSPS) is 11.2. The van der Waals surface area contributed by atoms with Gasteiger partial charge in [-0.3, -0.25) is 4.98 Å². The lowest BCUT2D eigenvalue weighted by Crippen LogP contribution is -2.26. The molecule has 1 aromatic carbocycles. The molecule has 0 spiro atoms. The molecule has 1 aromatic heterocycles. The molecule has 2 N–H and O–H groups in total. The Morgan fingerprint density at radius 1 is 1.30 bits per heavy atom. The minimum atomic E-state index is -0.531. The Labute approximate surface area is 138 Å². The van der Waals surface area contributed by atoms with Crippen LogP contribution in [0.25, 0.3) is 0 Å². The van der Waals surface area contributed by atoms with Gasteiger partial charge in [-0.15, -0.1) is 0 Å². The van der Waals surface area contributed by atoms with Crippen LogP contribution in [0.4, 0.5) is 10.6 Å². The van der Waals surface area contributed by atoms with Crippen LogP contribution in [0, 0.1) is 6.92 Å². The second-order valence-electron chi connectivity index (χ2n) is 4.92. The summed E-state index contributed by atoms with van der Waals surface area (Å²) >= 11 is 5.99. The lowest BCUT2D eigenvalue weighted by atomic mass is 10.2. The third kappa shape index (κ3) is 4.40. The number of ether oxygens (including phenoxy) is 1. The molecule has 2 rings (SSSR count). The molecule has 23 heavy (non-hydrogen) atoms. The van der Waals surface area contributed by atoms with E-state index in [9.17, 15) is 4.79 Å². The molecule has 120 valence electrons. The average Bonchev–Trinajstić information content (AvgIpc) is 2.51. The summed E-state index contributed by atoms with van der Waals surface area (Å²) < 4.78 is 5.27. The number of benzene rings is 1. The molecule has 0 aliphatic carbocycles. The van der Waals surface area contributed by atoms with Gasteiger partial charge in [0.2, 0.25) is 0 Å². The van der Waals surface area contributed by atoms with Crippen molar-refractivity contribution in [1.82, 2.24) is 14.9 Å². The quantitative estimate of drug-likeness (QED) is 0.688. The zero-order valence-corrected chi connectivity index (χ0v) is 13.7. The van der Waals surface area contributed by atoms with Crippen molar-refractivity contribution in [1.29, 1.82) is 0 Å². The van der Waals surface area contributed by atoms with Crippen molar-refractivity contribution in [2.45, 2.75) is 6.92 Å². The molecule has 0 saturated carbocycles. The van der Waals surface area contributed by atoms with Crippen LogP contribution in [0.15, 0.2) is 35.6 Å². The molecule has 0 fully saturated rings. The number of amides is 1. The zero-order chi connectivity index (χ0) is 17.0. The van der Waals surface area contributed by atoms with Crippen molar-refractivity contribution >= 4 is 29.3 Å². The molecule has 7 nitrogen and oxygen atoms in total. The van der Waals surface area contributed by atoms with E-state index in [1.165, 1.54) is 11.1 Å². The lowest BCUT2D eigenvalue weighted by molar-refractivity contribution is 0.172. The summed E-state index contributed by atoms with van der Waals surface area (Å²) in [5, 5.41) is 0.442. The molecule has 0 bridgehead atoms. The molecule has 2 aromatic rings. The minimum absolute atomic E-state index is 0.118. The number of amidine groups is 1. The Bertz CT molecular complexity index is 744. The number of nitrogens with two attached hydrogens (primary N) is 1. The zero-order valence-electron chi connectivity index (χ0n) is 12.9. The van der Waals surface area contributed by atoms with Crippen molar-refractivity contribution in [3.63, 3.8) is 0 Å². The van der Waals surface area contributed by atoms with Gasteiger partial charge < -0.3 is 15.4 Å². The molecule has 1 amide bonds. The van der Waals surface area contributed by atoms with Crippen LogP contribution in [0.5, 0.6) is 5.75 Å². The standard InChI is InChI=1S/C15H16ClN5O2/c1-9-7-19-13(8-18-9)20-14(17)11-6-10(16)4-5-12(11)23-15(22)21(2)3/h4-8H,1-3H3,(H2,17,19,20). The SMILES string of the molecule is Cc1cnc(N=C(N)c2cc(Cl)ccc2OC(=O)N(C)C)cn1. The predicted octanol–water partition coefficient (Wildman–Crippen LogP) is 2.54. The highest BCUT2D eigenvalue weighted by Gasteiger charge is 2.14. The summed E-state index contributed by atoms with van der Waals surface area (Å²) in [6.45, 7) is 1.82. The Kier molecular flexibility index (Phi) is 5.13. The van der Waals surface area contributed by atoms with Crippen LogP contribution < -0.4 is 10.5 Å². The van der Waals surface area contributed by atoms with E-state index in [0.29, 0.717) is 16.4 Å². The van der Waals surface area contributed by atoms with E-state index < -0.39 is 6.09 Å². The van der Waals surface area contributed by atoms with Gasteiger partial charge in [0.1, 0.15) is 11.6 Å². The van der Waals surface area contributed by atoms with Crippen LogP contribution >= 0.6 is 11.6 Å². The van der Waals surface area contributed by atoms with Gasteiger partial charge in [0, 0.05) is 19.1 Å². The number of rotatable bonds is 3. The fourth-order valence-corrected chi connectivity index (χ4v) is 1.78. The highest BCUT2D eigenvalue weighted by Crippen LogP contribution is 2.24. The Hall–Kier alpha value is -2.67. The number of hydrogen-bond donors (Lipinski definition) is 1. The maximum atomic E-state index is 11.7. The van der Waals surface area contributed by atoms with E-state index in [1.54, 1.807) is 38.5 Å². The summed E-state index contributed by atoms with van der Waals surface area (Å²) in [4.78, 5) is 25.4.